The molecule has 3 rings (SSSR count). The van der Waals surface area contributed by atoms with Gasteiger partial charge in [-0.25, -0.2) is 4.98 Å². The fourth-order valence-corrected chi connectivity index (χ4v) is 2.71. The number of rotatable bonds is 6. The van der Waals surface area contributed by atoms with Gasteiger partial charge in [0.2, 0.25) is 0 Å². The largest absolute Gasteiger partial charge is 0.382 e. The number of nitrogens with one attached hydrogen (secondary N) is 2. The second-order valence-electron chi connectivity index (χ2n) is 5.14. The van der Waals surface area contributed by atoms with Gasteiger partial charge >= 0.3 is 0 Å². The third kappa shape index (κ3) is 2.93. The summed E-state index contributed by atoms with van der Waals surface area (Å²) in [5.74, 6) is 1.08. The number of nitrogens with zero attached hydrogens (tertiary/aromatic N) is 1. The molecule has 0 spiro atoms. The second-order valence-corrected chi connectivity index (χ2v) is 6.14. The molecule has 0 radical (unpaired) electrons. The summed E-state index contributed by atoms with van der Waals surface area (Å²) in [5, 5.41) is 6.95. The standard InChI is InChI=1S/C12H18N4OS/c13-10-9(11(17)14-6-5-7-1-2-7)18-12(16-10)15-8-3-4-8/h7-8H,1-6,13H2,(H,14,17)(H,15,16). The summed E-state index contributed by atoms with van der Waals surface area (Å²) in [6, 6.07) is 0.529. The number of carbonyl (C=O) groups is 1. The molecule has 2 aliphatic carbocycles. The van der Waals surface area contributed by atoms with Gasteiger partial charge in [-0.3, -0.25) is 4.79 Å². The van der Waals surface area contributed by atoms with Crippen molar-refractivity contribution in [2.75, 3.05) is 17.6 Å². The summed E-state index contributed by atoms with van der Waals surface area (Å²) in [6.45, 7) is 0.742. The van der Waals surface area contributed by atoms with Gasteiger partial charge in [0.05, 0.1) is 0 Å². The number of carbonyl (C=O) groups excluding carboxylic acids is 1. The predicted molar refractivity (Wildman–Crippen MR) is 72.8 cm³/mol. The summed E-state index contributed by atoms with van der Waals surface area (Å²) in [4.78, 5) is 16.7. The van der Waals surface area contributed by atoms with Gasteiger partial charge in [0.15, 0.2) is 5.13 Å². The molecule has 98 valence electrons. The van der Waals surface area contributed by atoms with Crippen molar-refractivity contribution in [3.8, 4) is 0 Å². The Bertz CT molecular complexity index is 451. The number of nitrogens with two attached hydrogens (primary N) is 1. The Morgan fingerprint density at radius 1 is 1.39 bits per heavy atom. The zero-order valence-corrected chi connectivity index (χ0v) is 11.1. The number of hydrogen-bond acceptors (Lipinski definition) is 5. The van der Waals surface area contributed by atoms with Crippen molar-refractivity contribution in [3.05, 3.63) is 4.88 Å². The Morgan fingerprint density at radius 3 is 2.83 bits per heavy atom. The van der Waals surface area contributed by atoms with Crippen LogP contribution in [0, 0.1) is 5.92 Å². The van der Waals surface area contributed by atoms with E-state index in [0.717, 1.165) is 24.0 Å². The lowest BCUT2D eigenvalue weighted by molar-refractivity contribution is 0.0957. The van der Waals surface area contributed by atoms with Crippen molar-refractivity contribution >= 4 is 28.2 Å². The summed E-state index contributed by atoms with van der Waals surface area (Å²) >= 11 is 1.35. The minimum Gasteiger partial charge on any atom is -0.382 e. The number of aromatic nitrogens is 1. The number of hydrogen-bond donors (Lipinski definition) is 3. The molecule has 1 amide bonds. The lowest BCUT2D eigenvalue weighted by Crippen LogP contribution is -2.24. The molecule has 0 aromatic carbocycles. The molecule has 0 bridgehead atoms. The average Bonchev–Trinajstić information content (AvgIpc) is 3.21. The Labute approximate surface area is 110 Å². The lowest BCUT2D eigenvalue weighted by atomic mass is 10.3. The van der Waals surface area contributed by atoms with E-state index < -0.39 is 0 Å². The maximum Gasteiger partial charge on any atom is 0.265 e. The molecule has 2 fully saturated rings. The quantitative estimate of drug-likeness (QED) is 0.734. The molecule has 2 aliphatic rings. The third-order valence-electron chi connectivity index (χ3n) is 3.30. The highest BCUT2D eigenvalue weighted by Crippen LogP contribution is 2.32. The fraction of sp³-hybridized carbons (Fsp3) is 0.667. The average molecular weight is 266 g/mol. The number of thiazole rings is 1. The highest BCUT2D eigenvalue weighted by atomic mass is 32.1. The van der Waals surface area contributed by atoms with E-state index >= 15 is 0 Å². The zero-order valence-electron chi connectivity index (χ0n) is 10.2. The van der Waals surface area contributed by atoms with Gasteiger partial charge in [-0.05, 0) is 25.2 Å². The molecule has 0 atom stereocenters. The van der Waals surface area contributed by atoms with Crippen LogP contribution in [0.1, 0.15) is 41.8 Å². The minimum absolute atomic E-state index is 0.0884. The molecular weight excluding hydrogens is 248 g/mol. The number of anilines is 2. The minimum atomic E-state index is -0.0884. The predicted octanol–water partition coefficient (Wildman–Crippen LogP) is 1.83. The van der Waals surface area contributed by atoms with Crippen molar-refractivity contribution in [2.24, 2.45) is 5.92 Å². The van der Waals surface area contributed by atoms with E-state index in [1.807, 2.05) is 0 Å². The molecule has 1 heterocycles. The number of amides is 1. The smallest absolute Gasteiger partial charge is 0.265 e. The van der Waals surface area contributed by atoms with Crippen LogP contribution in [-0.4, -0.2) is 23.5 Å². The van der Waals surface area contributed by atoms with E-state index in [1.54, 1.807) is 0 Å². The van der Waals surface area contributed by atoms with Gasteiger partial charge in [-0.2, -0.15) is 0 Å². The van der Waals surface area contributed by atoms with E-state index in [1.165, 1.54) is 37.0 Å². The Kier molecular flexibility index (Phi) is 3.11. The normalized spacial score (nSPS) is 18.7. The van der Waals surface area contributed by atoms with E-state index in [4.69, 9.17) is 5.73 Å². The topological polar surface area (TPSA) is 80.0 Å². The van der Waals surface area contributed by atoms with Crippen molar-refractivity contribution < 1.29 is 4.79 Å². The van der Waals surface area contributed by atoms with E-state index in [9.17, 15) is 4.79 Å². The van der Waals surface area contributed by atoms with Gasteiger partial charge in [-0.1, -0.05) is 24.2 Å². The van der Waals surface area contributed by atoms with E-state index in [0.29, 0.717) is 16.7 Å². The molecule has 0 unspecified atom stereocenters. The van der Waals surface area contributed by atoms with Crippen molar-refractivity contribution in [3.63, 3.8) is 0 Å². The Hall–Kier alpha value is -1.30. The van der Waals surface area contributed by atoms with Crippen LogP contribution in [0.2, 0.25) is 0 Å². The van der Waals surface area contributed by atoms with Crippen molar-refractivity contribution in [1.82, 2.24) is 10.3 Å². The summed E-state index contributed by atoms with van der Waals surface area (Å²) < 4.78 is 0. The second kappa shape index (κ2) is 4.76. The van der Waals surface area contributed by atoms with Crippen LogP contribution in [0.4, 0.5) is 10.9 Å². The molecule has 6 heteroatoms. The molecule has 18 heavy (non-hydrogen) atoms. The first kappa shape index (κ1) is 11.8. The van der Waals surface area contributed by atoms with Crippen LogP contribution in [0.3, 0.4) is 0 Å². The molecule has 2 saturated carbocycles. The van der Waals surface area contributed by atoms with Gasteiger partial charge in [0, 0.05) is 12.6 Å². The van der Waals surface area contributed by atoms with Gasteiger partial charge in [0.25, 0.3) is 5.91 Å². The summed E-state index contributed by atoms with van der Waals surface area (Å²) in [6.07, 6.45) is 6.07. The van der Waals surface area contributed by atoms with Gasteiger partial charge in [-0.15, -0.1) is 0 Å². The van der Waals surface area contributed by atoms with Gasteiger partial charge < -0.3 is 16.4 Å². The zero-order chi connectivity index (χ0) is 12.5. The highest BCUT2D eigenvalue weighted by molar-refractivity contribution is 7.18. The molecule has 0 saturated heterocycles. The van der Waals surface area contributed by atoms with E-state index in [2.05, 4.69) is 15.6 Å². The van der Waals surface area contributed by atoms with Crippen LogP contribution in [0.25, 0.3) is 0 Å². The maximum atomic E-state index is 11.9. The highest BCUT2D eigenvalue weighted by Gasteiger charge is 2.24. The van der Waals surface area contributed by atoms with Gasteiger partial charge in [0.1, 0.15) is 10.7 Å². The SMILES string of the molecule is Nc1nc(NC2CC2)sc1C(=O)NCCC1CC1. The first-order chi connectivity index (χ1) is 8.72. The van der Waals surface area contributed by atoms with Crippen LogP contribution in [-0.2, 0) is 0 Å². The van der Waals surface area contributed by atoms with Crippen molar-refractivity contribution in [1.29, 1.82) is 0 Å². The fourth-order valence-electron chi connectivity index (χ4n) is 1.84. The molecular formula is C12H18N4OS. The molecule has 1 aromatic rings. The number of nitrogen functional groups attached to an aromatic ring is 1. The monoisotopic (exact) mass is 266 g/mol. The first-order valence-corrected chi connectivity index (χ1v) is 7.35. The first-order valence-electron chi connectivity index (χ1n) is 6.53. The van der Waals surface area contributed by atoms with Crippen LogP contribution in [0.15, 0.2) is 0 Å². The molecule has 1 aromatic heterocycles. The molecule has 4 N–H and O–H groups in total. The molecule has 5 nitrogen and oxygen atoms in total. The third-order valence-corrected chi connectivity index (χ3v) is 4.30. The Balaban J connectivity index is 1.55. The lowest BCUT2D eigenvalue weighted by Gasteiger charge is -2.02. The van der Waals surface area contributed by atoms with E-state index in [-0.39, 0.29) is 5.91 Å². The van der Waals surface area contributed by atoms with Crippen LogP contribution >= 0.6 is 11.3 Å². The summed E-state index contributed by atoms with van der Waals surface area (Å²) in [7, 11) is 0. The summed E-state index contributed by atoms with van der Waals surface area (Å²) in [5.41, 5.74) is 5.78. The Morgan fingerprint density at radius 2 is 2.17 bits per heavy atom. The van der Waals surface area contributed by atoms with Crippen LogP contribution in [0.5, 0.6) is 0 Å². The van der Waals surface area contributed by atoms with Crippen molar-refractivity contribution in [2.45, 2.75) is 38.1 Å². The maximum absolute atomic E-state index is 11.9. The molecule has 0 aliphatic heterocycles. The van der Waals surface area contributed by atoms with Crippen LogP contribution < -0.4 is 16.4 Å².